The normalized spacial score (nSPS) is 19.1. The molecule has 2 nitrogen and oxygen atoms in total. The molecule has 1 atom stereocenters. The molecule has 0 spiro atoms. The molecule has 5 heteroatoms. The fourth-order valence-corrected chi connectivity index (χ4v) is 2.92. The quantitative estimate of drug-likeness (QED) is 0.845. The summed E-state index contributed by atoms with van der Waals surface area (Å²) >= 11 is 0. The Kier molecular flexibility index (Phi) is 4.94. The lowest BCUT2D eigenvalue weighted by Crippen LogP contribution is -2.42. The molecule has 1 saturated carbocycles. The summed E-state index contributed by atoms with van der Waals surface area (Å²) in [7, 11) is 1.69. The zero-order chi connectivity index (χ0) is 15.5. The van der Waals surface area contributed by atoms with Crippen molar-refractivity contribution in [3.05, 3.63) is 35.4 Å². The number of alkyl halides is 3. The third kappa shape index (κ3) is 3.77. The predicted octanol–water partition coefficient (Wildman–Crippen LogP) is 4.32. The van der Waals surface area contributed by atoms with Gasteiger partial charge in [-0.15, -0.1) is 0 Å². The van der Waals surface area contributed by atoms with E-state index in [9.17, 15) is 13.2 Å². The van der Waals surface area contributed by atoms with Crippen molar-refractivity contribution in [1.82, 2.24) is 5.32 Å². The number of halogens is 3. The lowest BCUT2D eigenvalue weighted by atomic mass is 9.74. The standard InChI is InChI=1S/C16H22F3NO/c1-3-20-14(11-15(21-2)8-5-9-15)12-6-4-7-13(10-12)16(17,18)19/h4,6-7,10,14,20H,3,5,8-9,11H2,1-2H3. The highest BCUT2D eigenvalue weighted by Gasteiger charge is 2.39. The Bertz CT molecular complexity index is 463. The van der Waals surface area contributed by atoms with E-state index in [2.05, 4.69) is 5.32 Å². The molecule has 1 fully saturated rings. The van der Waals surface area contributed by atoms with E-state index >= 15 is 0 Å². The van der Waals surface area contributed by atoms with Gasteiger partial charge in [-0.05, 0) is 49.9 Å². The number of methoxy groups -OCH3 is 1. The van der Waals surface area contributed by atoms with Crippen LogP contribution in [0, 0.1) is 0 Å². The number of hydrogen-bond acceptors (Lipinski definition) is 2. The molecule has 0 aromatic heterocycles. The van der Waals surface area contributed by atoms with E-state index in [-0.39, 0.29) is 11.6 Å². The van der Waals surface area contributed by atoms with Gasteiger partial charge in [0.05, 0.1) is 11.2 Å². The van der Waals surface area contributed by atoms with E-state index in [1.165, 1.54) is 12.1 Å². The summed E-state index contributed by atoms with van der Waals surface area (Å²) in [4.78, 5) is 0. The zero-order valence-corrected chi connectivity index (χ0v) is 12.5. The van der Waals surface area contributed by atoms with Crippen LogP contribution in [0.15, 0.2) is 24.3 Å². The van der Waals surface area contributed by atoms with Crippen LogP contribution in [-0.4, -0.2) is 19.3 Å². The second kappa shape index (κ2) is 6.36. The Labute approximate surface area is 123 Å². The monoisotopic (exact) mass is 301 g/mol. The van der Waals surface area contributed by atoms with Crippen molar-refractivity contribution in [1.29, 1.82) is 0 Å². The zero-order valence-electron chi connectivity index (χ0n) is 12.5. The van der Waals surface area contributed by atoms with Crippen LogP contribution >= 0.6 is 0 Å². The minimum absolute atomic E-state index is 0.113. The Morgan fingerprint density at radius 2 is 2.05 bits per heavy atom. The van der Waals surface area contributed by atoms with E-state index < -0.39 is 11.7 Å². The van der Waals surface area contributed by atoms with Gasteiger partial charge in [0.1, 0.15) is 0 Å². The number of ether oxygens (including phenoxy) is 1. The van der Waals surface area contributed by atoms with Crippen molar-refractivity contribution in [3.8, 4) is 0 Å². The first kappa shape index (κ1) is 16.3. The van der Waals surface area contributed by atoms with Crippen LogP contribution in [-0.2, 0) is 10.9 Å². The van der Waals surface area contributed by atoms with Crippen molar-refractivity contribution in [2.45, 2.75) is 50.4 Å². The smallest absolute Gasteiger partial charge is 0.378 e. The minimum Gasteiger partial charge on any atom is -0.378 e. The Balaban J connectivity index is 2.21. The number of rotatable bonds is 6. The van der Waals surface area contributed by atoms with Crippen LogP contribution in [0.3, 0.4) is 0 Å². The Morgan fingerprint density at radius 1 is 1.33 bits per heavy atom. The largest absolute Gasteiger partial charge is 0.416 e. The van der Waals surface area contributed by atoms with Crippen molar-refractivity contribution in [3.63, 3.8) is 0 Å². The summed E-state index contributed by atoms with van der Waals surface area (Å²) in [6.07, 6.45) is -0.523. The molecule has 2 rings (SSSR count). The van der Waals surface area contributed by atoms with Gasteiger partial charge in [-0.25, -0.2) is 0 Å². The maximum absolute atomic E-state index is 12.9. The van der Waals surface area contributed by atoms with Gasteiger partial charge in [0.15, 0.2) is 0 Å². The van der Waals surface area contributed by atoms with Gasteiger partial charge in [0, 0.05) is 13.2 Å². The molecule has 21 heavy (non-hydrogen) atoms. The molecule has 0 heterocycles. The number of nitrogens with one attached hydrogen (secondary N) is 1. The van der Waals surface area contributed by atoms with E-state index in [4.69, 9.17) is 4.74 Å². The molecule has 0 radical (unpaired) electrons. The van der Waals surface area contributed by atoms with Crippen molar-refractivity contribution >= 4 is 0 Å². The number of benzene rings is 1. The lowest BCUT2D eigenvalue weighted by Gasteiger charge is -2.43. The van der Waals surface area contributed by atoms with Gasteiger partial charge in [0.2, 0.25) is 0 Å². The molecule has 1 aromatic carbocycles. The SMILES string of the molecule is CCNC(CC1(OC)CCC1)c1cccc(C(F)(F)F)c1. The van der Waals surface area contributed by atoms with E-state index in [0.717, 1.165) is 25.3 Å². The fraction of sp³-hybridized carbons (Fsp3) is 0.625. The second-order valence-corrected chi connectivity index (χ2v) is 5.68. The van der Waals surface area contributed by atoms with Crippen LogP contribution in [0.5, 0.6) is 0 Å². The maximum atomic E-state index is 12.9. The molecular weight excluding hydrogens is 279 g/mol. The van der Waals surface area contributed by atoms with Crippen molar-refractivity contribution in [2.24, 2.45) is 0 Å². The van der Waals surface area contributed by atoms with Crippen LogP contribution in [0.2, 0.25) is 0 Å². The van der Waals surface area contributed by atoms with Gasteiger partial charge in [-0.3, -0.25) is 0 Å². The summed E-state index contributed by atoms with van der Waals surface area (Å²) in [6, 6.07) is 5.47. The molecule has 0 bridgehead atoms. The first-order chi connectivity index (χ1) is 9.90. The molecule has 0 saturated heterocycles. The molecule has 1 N–H and O–H groups in total. The van der Waals surface area contributed by atoms with Crippen LogP contribution < -0.4 is 5.32 Å². The average molecular weight is 301 g/mol. The second-order valence-electron chi connectivity index (χ2n) is 5.68. The number of hydrogen-bond donors (Lipinski definition) is 1. The van der Waals surface area contributed by atoms with Crippen LogP contribution in [0.25, 0.3) is 0 Å². The van der Waals surface area contributed by atoms with E-state index in [1.54, 1.807) is 13.2 Å². The van der Waals surface area contributed by atoms with Crippen LogP contribution in [0.1, 0.15) is 49.8 Å². The highest BCUT2D eigenvalue weighted by atomic mass is 19.4. The molecule has 1 unspecified atom stereocenters. The van der Waals surface area contributed by atoms with Crippen LogP contribution in [0.4, 0.5) is 13.2 Å². The lowest BCUT2D eigenvalue weighted by molar-refractivity contribution is -0.137. The van der Waals surface area contributed by atoms with Crippen molar-refractivity contribution < 1.29 is 17.9 Å². The average Bonchev–Trinajstić information content (AvgIpc) is 2.41. The molecule has 1 aliphatic carbocycles. The highest BCUT2D eigenvalue weighted by Crippen LogP contribution is 2.42. The third-order valence-electron chi connectivity index (χ3n) is 4.34. The molecule has 0 aliphatic heterocycles. The van der Waals surface area contributed by atoms with E-state index in [1.807, 2.05) is 6.92 Å². The van der Waals surface area contributed by atoms with Crippen molar-refractivity contribution in [2.75, 3.05) is 13.7 Å². The van der Waals surface area contributed by atoms with Gasteiger partial charge < -0.3 is 10.1 Å². The molecule has 0 amide bonds. The molecule has 1 aromatic rings. The topological polar surface area (TPSA) is 21.3 Å². The van der Waals surface area contributed by atoms with E-state index in [0.29, 0.717) is 18.5 Å². The summed E-state index contributed by atoms with van der Waals surface area (Å²) in [6.45, 7) is 2.67. The maximum Gasteiger partial charge on any atom is 0.416 e. The highest BCUT2D eigenvalue weighted by molar-refractivity contribution is 5.28. The molecular formula is C16H22F3NO. The summed E-state index contributed by atoms with van der Waals surface area (Å²) in [5.74, 6) is 0. The first-order valence-electron chi connectivity index (χ1n) is 7.36. The third-order valence-corrected chi connectivity index (χ3v) is 4.34. The summed E-state index contributed by atoms with van der Waals surface area (Å²) in [5, 5.41) is 3.29. The summed E-state index contributed by atoms with van der Waals surface area (Å²) < 4.78 is 44.2. The van der Waals surface area contributed by atoms with Gasteiger partial charge in [-0.1, -0.05) is 19.1 Å². The Morgan fingerprint density at radius 3 is 2.52 bits per heavy atom. The van der Waals surface area contributed by atoms with Gasteiger partial charge >= 0.3 is 6.18 Å². The Hall–Kier alpha value is -1.07. The van der Waals surface area contributed by atoms with Gasteiger partial charge in [0.25, 0.3) is 0 Å². The molecule has 1 aliphatic rings. The fourth-order valence-electron chi connectivity index (χ4n) is 2.92. The predicted molar refractivity (Wildman–Crippen MR) is 76.1 cm³/mol. The van der Waals surface area contributed by atoms with Gasteiger partial charge in [-0.2, -0.15) is 13.2 Å². The molecule has 118 valence electrons. The first-order valence-corrected chi connectivity index (χ1v) is 7.36. The minimum atomic E-state index is -4.30. The summed E-state index contributed by atoms with van der Waals surface area (Å²) in [5.41, 5.74) is -0.0980.